The monoisotopic (exact) mass is 329 g/mol. The Kier molecular flexibility index (Phi) is 3.17. The molecule has 0 atom stereocenters. The van der Waals surface area contributed by atoms with Gasteiger partial charge in [-0.1, -0.05) is 36.4 Å². The Bertz CT molecular complexity index is 1090. The average Bonchev–Trinajstić information content (AvgIpc) is 3.22. The number of fused-ring (bicyclic) bond motifs is 4. The van der Waals surface area contributed by atoms with Crippen LogP contribution in [0.15, 0.2) is 60.8 Å². The topological polar surface area (TPSA) is 41.0 Å². The Labute approximate surface area is 145 Å². The Morgan fingerprint density at radius 2 is 1.88 bits per heavy atom. The molecular weight excluding hydrogens is 310 g/mol. The molecule has 1 aliphatic heterocycles. The van der Waals surface area contributed by atoms with E-state index in [1.165, 1.54) is 27.5 Å². The van der Waals surface area contributed by atoms with Crippen LogP contribution in [0.3, 0.4) is 0 Å². The molecule has 4 heteroatoms. The summed E-state index contributed by atoms with van der Waals surface area (Å²) in [6.07, 6.45) is 2.89. The summed E-state index contributed by atoms with van der Waals surface area (Å²) in [5.41, 5.74) is 4.82. The fraction of sp³-hybridized carbons (Fsp3) is 0.190. The smallest absolute Gasteiger partial charge is 0.242 e. The predicted octanol–water partition coefficient (Wildman–Crippen LogP) is 3.71. The molecule has 0 saturated carbocycles. The van der Waals surface area contributed by atoms with Crippen molar-refractivity contribution in [2.45, 2.75) is 19.5 Å². The lowest BCUT2D eigenvalue weighted by molar-refractivity contribution is -0.132. The first-order valence-electron chi connectivity index (χ1n) is 8.70. The first kappa shape index (κ1) is 14.3. The molecule has 0 radical (unpaired) electrons. The number of carbonyl (C=O) groups excluding carboxylic acids is 1. The van der Waals surface area contributed by atoms with Crippen LogP contribution in [0.25, 0.3) is 21.8 Å². The number of nitrogens with one attached hydrogen (secondary N) is 1. The molecule has 0 bridgehead atoms. The fourth-order valence-corrected chi connectivity index (χ4v) is 3.90. The summed E-state index contributed by atoms with van der Waals surface area (Å²) in [6.45, 7) is 1.86. The van der Waals surface area contributed by atoms with E-state index in [4.69, 9.17) is 0 Å². The Balaban J connectivity index is 1.41. The highest BCUT2D eigenvalue weighted by Gasteiger charge is 2.24. The maximum atomic E-state index is 12.9. The number of rotatable bonds is 2. The van der Waals surface area contributed by atoms with Gasteiger partial charge in [-0.3, -0.25) is 4.79 Å². The molecule has 2 aromatic carbocycles. The number of aromatic nitrogens is 2. The van der Waals surface area contributed by atoms with Gasteiger partial charge >= 0.3 is 0 Å². The summed E-state index contributed by atoms with van der Waals surface area (Å²) in [6, 6.07) is 18.6. The van der Waals surface area contributed by atoms with Crippen LogP contribution in [0.4, 0.5) is 0 Å². The highest BCUT2D eigenvalue weighted by molar-refractivity contribution is 5.87. The summed E-state index contributed by atoms with van der Waals surface area (Å²) in [4.78, 5) is 18.4. The number of nitrogens with zero attached hydrogens (tertiary/aromatic N) is 2. The molecule has 0 aliphatic carbocycles. The zero-order valence-electron chi connectivity index (χ0n) is 13.9. The van der Waals surface area contributed by atoms with Crippen LogP contribution in [0.5, 0.6) is 0 Å². The second-order valence-corrected chi connectivity index (χ2v) is 6.70. The van der Waals surface area contributed by atoms with Crippen LogP contribution in [0.2, 0.25) is 0 Å². The molecule has 1 amide bonds. The molecule has 0 saturated heterocycles. The molecule has 1 N–H and O–H groups in total. The van der Waals surface area contributed by atoms with E-state index in [-0.39, 0.29) is 5.91 Å². The SMILES string of the molecule is O=C(Cn1ccc2ccccc21)N1CCc2[nH]c3ccccc3c2C1. The van der Waals surface area contributed by atoms with Crippen molar-refractivity contribution in [3.8, 4) is 0 Å². The molecule has 5 rings (SSSR count). The lowest BCUT2D eigenvalue weighted by Gasteiger charge is -2.27. The Morgan fingerprint density at radius 3 is 2.84 bits per heavy atom. The minimum absolute atomic E-state index is 0.178. The molecule has 2 aromatic heterocycles. The van der Waals surface area contributed by atoms with Crippen molar-refractivity contribution < 1.29 is 4.79 Å². The van der Waals surface area contributed by atoms with Crippen LogP contribution in [0, 0.1) is 0 Å². The number of H-pyrrole nitrogens is 1. The number of carbonyl (C=O) groups is 1. The maximum absolute atomic E-state index is 12.9. The van der Waals surface area contributed by atoms with Crippen molar-refractivity contribution in [2.75, 3.05) is 6.54 Å². The minimum atomic E-state index is 0.178. The van der Waals surface area contributed by atoms with E-state index < -0.39 is 0 Å². The number of amides is 1. The van der Waals surface area contributed by atoms with E-state index in [2.05, 4.69) is 41.4 Å². The van der Waals surface area contributed by atoms with E-state index >= 15 is 0 Å². The molecule has 0 spiro atoms. The van der Waals surface area contributed by atoms with Crippen LogP contribution in [0.1, 0.15) is 11.3 Å². The van der Waals surface area contributed by atoms with Gasteiger partial charge in [0.15, 0.2) is 0 Å². The molecule has 3 heterocycles. The van der Waals surface area contributed by atoms with Crippen molar-refractivity contribution in [1.82, 2.24) is 14.5 Å². The van der Waals surface area contributed by atoms with E-state index in [1.807, 2.05) is 33.9 Å². The summed E-state index contributed by atoms with van der Waals surface area (Å²) in [5, 5.41) is 2.41. The van der Waals surface area contributed by atoms with Gasteiger partial charge in [-0.2, -0.15) is 0 Å². The highest BCUT2D eigenvalue weighted by Crippen LogP contribution is 2.27. The first-order chi connectivity index (χ1) is 12.3. The van der Waals surface area contributed by atoms with Gasteiger partial charge in [0, 0.05) is 53.4 Å². The molecular formula is C21H19N3O. The summed E-state index contributed by atoms with van der Waals surface area (Å²) < 4.78 is 2.04. The normalized spacial score (nSPS) is 14.2. The van der Waals surface area contributed by atoms with Crippen molar-refractivity contribution in [3.05, 3.63) is 72.1 Å². The van der Waals surface area contributed by atoms with Gasteiger partial charge in [0.05, 0.1) is 0 Å². The zero-order chi connectivity index (χ0) is 16.8. The second kappa shape index (κ2) is 5.52. The number of hydrogen-bond acceptors (Lipinski definition) is 1. The molecule has 25 heavy (non-hydrogen) atoms. The van der Waals surface area contributed by atoms with Gasteiger partial charge in [0.2, 0.25) is 5.91 Å². The predicted molar refractivity (Wildman–Crippen MR) is 99.4 cm³/mol. The average molecular weight is 329 g/mol. The van der Waals surface area contributed by atoms with E-state index in [0.29, 0.717) is 13.1 Å². The fourth-order valence-electron chi connectivity index (χ4n) is 3.90. The molecule has 124 valence electrons. The molecule has 4 nitrogen and oxygen atoms in total. The van der Waals surface area contributed by atoms with Crippen LogP contribution in [-0.4, -0.2) is 26.9 Å². The lowest BCUT2D eigenvalue weighted by Crippen LogP contribution is -2.37. The summed E-state index contributed by atoms with van der Waals surface area (Å²) in [5.74, 6) is 0.178. The van der Waals surface area contributed by atoms with Crippen molar-refractivity contribution in [2.24, 2.45) is 0 Å². The van der Waals surface area contributed by atoms with E-state index in [1.54, 1.807) is 0 Å². The third kappa shape index (κ3) is 2.33. The van der Waals surface area contributed by atoms with Crippen LogP contribution in [-0.2, 0) is 24.3 Å². The van der Waals surface area contributed by atoms with E-state index in [9.17, 15) is 4.79 Å². The maximum Gasteiger partial charge on any atom is 0.242 e. The van der Waals surface area contributed by atoms with Crippen LogP contribution < -0.4 is 0 Å². The van der Waals surface area contributed by atoms with Crippen molar-refractivity contribution >= 4 is 27.7 Å². The molecule has 4 aromatic rings. The van der Waals surface area contributed by atoms with Gasteiger partial charge < -0.3 is 14.5 Å². The Morgan fingerprint density at radius 1 is 1.04 bits per heavy atom. The molecule has 0 unspecified atom stereocenters. The summed E-state index contributed by atoms with van der Waals surface area (Å²) in [7, 11) is 0. The standard InChI is InChI=1S/C21H19N3O/c25-21(14-23-11-9-15-5-1-4-8-20(15)23)24-12-10-19-17(13-24)16-6-2-3-7-18(16)22-19/h1-9,11,22H,10,12-14H2. The third-order valence-electron chi connectivity index (χ3n) is 5.22. The van der Waals surface area contributed by atoms with Gasteiger partial charge in [-0.15, -0.1) is 0 Å². The largest absolute Gasteiger partial charge is 0.358 e. The van der Waals surface area contributed by atoms with Crippen molar-refractivity contribution in [3.63, 3.8) is 0 Å². The lowest BCUT2D eigenvalue weighted by atomic mass is 10.0. The highest BCUT2D eigenvalue weighted by atomic mass is 16.2. The van der Waals surface area contributed by atoms with Gasteiger partial charge in [0.1, 0.15) is 6.54 Å². The number of hydrogen-bond donors (Lipinski definition) is 1. The van der Waals surface area contributed by atoms with Gasteiger partial charge in [-0.05, 0) is 23.6 Å². The first-order valence-corrected chi connectivity index (χ1v) is 8.70. The zero-order valence-corrected chi connectivity index (χ0v) is 13.9. The quantitative estimate of drug-likeness (QED) is 0.598. The van der Waals surface area contributed by atoms with E-state index in [0.717, 1.165) is 18.5 Å². The van der Waals surface area contributed by atoms with Crippen molar-refractivity contribution in [1.29, 1.82) is 0 Å². The third-order valence-corrected chi connectivity index (χ3v) is 5.22. The molecule has 0 fully saturated rings. The van der Waals surface area contributed by atoms with Crippen LogP contribution >= 0.6 is 0 Å². The molecule has 1 aliphatic rings. The number of benzene rings is 2. The minimum Gasteiger partial charge on any atom is -0.358 e. The number of para-hydroxylation sites is 2. The second-order valence-electron chi connectivity index (χ2n) is 6.70. The van der Waals surface area contributed by atoms with Gasteiger partial charge in [0.25, 0.3) is 0 Å². The Hall–Kier alpha value is -3.01. The number of aromatic amines is 1. The van der Waals surface area contributed by atoms with Gasteiger partial charge in [-0.25, -0.2) is 0 Å². The summed E-state index contributed by atoms with van der Waals surface area (Å²) >= 11 is 0.